The van der Waals surface area contributed by atoms with Crippen molar-refractivity contribution in [2.45, 2.75) is 19.6 Å². The smallest absolute Gasteiger partial charge is 0.161 e. The molecule has 3 rings (SSSR count). The minimum absolute atomic E-state index is 0.325. The molecule has 1 atom stereocenters. The summed E-state index contributed by atoms with van der Waals surface area (Å²) in [4.78, 5) is 0. The molecule has 1 fully saturated rings. The van der Waals surface area contributed by atoms with Crippen LogP contribution >= 0.6 is 0 Å². The highest BCUT2D eigenvalue weighted by Crippen LogP contribution is 2.31. The predicted molar refractivity (Wildman–Crippen MR) is 92.0 cm³/mol. The second kappa shape index (κ2) is 7.99. The van der Waals surface area contributed by atoms with Crippen molar-refractivity contribution in [1.29, 1.82) is 0 Å². The van der Waals surface area contributed by atoms with Crippen molar-refractivity contribution in [2.75, 3.05) is 26.2 Å². The molecule has 0 unspecified atom stereocenters. The van der Waals surface area contributed by atoms with E-state index in [1.807, 2.05) is 31.2 Å². The fourth-order valence-corrected chi connectivity index (χ4v) is 2.75. The lowest BCUT2D eigenvalue weighted by atomic mass is 10.0. The van der Waals surface area contributed by atoms with Gasteiger partial charge in [-0.1, -0.05) is 36.4 Å². The normalized spacial score (nSPS) is 17.7. The third-order valence-corrected chi connectivity index (χ3v) is 3.95. The van der Waals surface area contributed by atoms with Gasteiger partial charge in [0.15, 0.2) is 11.5 Å². The van der Waals surface area contributed by atoms with E-state index in [1.54, 1.807) is 0 Å². The van der Waals surface area contributed by atoms with Crippen LogP contribution in [0, 0.1) is 0 Å². The molecule has 0 amide bonds. The van der Waals surface area contributed by atoms with Crippen molar-refractivity contribution < 1.29 is 9.47 Å². The summed E-state index contributed by atoms with van der Waals surface area (Å²) >= 11 is 0. The summed E-state index contributed by atoms with van der Waals surface area (Å²) in [7, 11) is 0. The van der Waals surface area contributed by atoms with Gasteiger partial charge in [-0.05, 0) is 30.2 Å². The minimum atomic E-state index is 0.325. The van der Waals surface area contributed by atoms with E-state index in [2.05, 4.69) is 34.9 Å². The molecule has 2 aromatic rings. The Morgan fingerprint density at radius 2 is 1.87 bits per heavy atom. The maximum atomic E-state index is 5.96. The largest absolute Gasteiger partial charge is 0.490 e. The standard InChI is InChI=1S/C19H24N2O2/c1-2-22-19-12-16(17-13-20-10-11-21-17)8-9-18(19)23-14-15-6-4-3-5-7-15/h3-9,12,17,20-21H,2,10-11,13-14H2,1H3/t17-/m1/s1. The second-order valence-electron chi connectivity index (χ2n) is 5.62. The highest BCUT2D eigenvalue weighted by Gasteiger charge is 2.16. The maximum absolute atomic E-state index is 5.96. The molecular formula is C19H24N2O2. The van der Waals surface area contributed by atoms with E-state index in [-0.39, 0.29) is 0 Å². The van der Waals surface area contributed by atoms with Gasteiger partial charge in [0.25, 0.3) is 0 Å². The summed E-state index contributed by atoms with van der Waals surface area (Å²) in [6.45, 7) is 6.11. The van der Waals surface area contributed by atoms with Crippen LogP contribution in [0.3, 0.4) is 0 Å². The summed E-state index contributed by atoms with van der Waals surface area (Å²) in [6, 6.07) is 16.7. The zero-order valence-corrected chi connectivity index (χ0v) is 13.5. The van der Waals surface area contributed by atoms with Gasteiger partial charge in [0, 0.05) is 25.7 Å². The molecule has 23 heavy (non-hydrogen) atoms. The monoisotopic (exact) mass is 312 g/mol. The fraction of sp³-hybridized carbons (Fsp3) is 0.368. The number of ether oxygens (including phenoxy) is 2. The van der Waals surface area contributed by atoms with Gasteiger partial charge in [-0.2, -0.15) is 0 Å². The first kappa shape index (κ1) is 15.8. The van der Waals surface area contributed by atoms with Gasteiger partial charge in [0.1, 0.15) is 6.61 Å². The van der Waals surface area contributed by atoms with Gasteiger partial charge in [-0.3, -0.25) is 0 Å². The van der Waals surface area contributed by atoms with Crippen molar-refractivity contribution in [2.24, 2.45) is 0 Å². The van der Waals surface area contributed by atoms with Crippen LogP contribution < -0.4 is 20.1 Å². The molecule has 2 aromatic carbocycles. The first-order valence-corrected chi connectivity index (χ1v) is 8.24. The van der Waals surface area contributed by atoms with E-state index in [9.17, 15) is 0 Å². The summed E-state index contributed by atoms with van der Waals surface area (Å²) in [5.74, 6) is 1.61. The molecule has 1 aliphatic rings. The molecule has 4 nitrogen and oxygen atoms in total. The first-order chi connectivity index (χ1) is 11.4. The van der Waals surface area contributed by atoms with Crippen LogP contribution in [-0.4, -0.2) is 26.2 Å². The molecule has 0 radical (unpaired) electrons. The highest BCUT2D eigenvalue weighted by molar-refractivity contribution is 5.44. The van der Waals surface area contributed by atoms with Gasteiger partial charge in [-0.25, -0.2) is 0 Å². The Bertz CT molecular complexity index is 610. The maximum Gasteiger partial charge on any atom is 0.161 e. The third kappa shape index (κ3) is 4.24. The van der Waals surface area contributed by atoms with Crippen molar-refractivity contribution in [3.8, 4) is 11.5 Å². The third-order valence-electron chi connectivity index (χ3n) is 3.95. The number of nitrogens with one attached hydrogen (secondary N) is 2. The molecule has 0 aromatic heterocycles. The summed E-state index contributed by atoms with van der Waals surface area (Å²) < 4.78 is 11.7. The fourth-order valence-electron chi connectivity index (χ4n) is 2.75. The van der Waals surface area contributed by atoms with Crippen LogP contribution in [0.25, 0.3) is 0 Å². The van der Waals surface area contributed by atoms with Crippen LogP contribution in [0.1, 0.15) is 24.1 Å². The van der Waals surface area contributed by atoms with E-state index in [0.29, 0.717) is 19.3 Å². The highest BCUT2D eigenvalue weighted by atomic mass is 16.5. The molecule has 2 N–H and O–H groups in total. The Hall–Kier alpha value is -2.04. The van der Waals surface area contributed by atoms with Crippen LogP contribution in [-0.2, 0) is 6.61 Å². The summed E-state index contributed by atoms with van der Waals surface area (Å²) in [6.07, 6.45) is 0. The number of hydrogen-bond donors (Lipinski definition) is 2. The van der Waals surface area contributed by atoms with Crippen molar-refractivity contribution in [1.82, 2.24) is 10.6 Å². The summed E-state index contributed by atoms with van der Waals surface area (Å²) in [5.41, 5.74) is 2.38. The van der Waals surface area contributed by atoms with E-state index >= 15 is 0 Å². The Labute approximate surface area is 137 Å². The van der Waals surface area contributed by atoms with Crippen LogP contribution in [0.5, 0.6) is 11.5 Å². The van der Waals surface area contributed by atoms with Crippen LogP contribution in [0.15, 0.2) is 48.5 Å². The molecule has 122 valence electrons. The lowest BCUT2D eigenvalue weighted by Crippen LogP contribution is -2.42. The molecule has 1 aliphatic heterocycles. The van der Waals surface area contributed by atoms with Crippen LogP contribution in [0.4, 0.5) is 0 Å². The molecule has 4 heteroatoms. The topological polar surface area (TPSA) is 42.5 Å². The second-order valence-corrected chi connectivity index (χ2v) is 5.62. The quantitative estimate of drug-likeness (QED) is 0.861. The SMILES string of the molecule is CCOc1cc([C@H]2CNCCN2)ccc1OCc1ccccc1. The van der Waals surface area contributed by atoms with Crippen LogP contribution in [0.2, 0.25) is 0 Å². The molecule has 1 heterocycles. The van der Waals surface area contributed by atoms with E-state index < -0.39 is 0 Å². The Kier molecular flexibility index (Phi) is 5.51. The van der Waals surface area contributed by atoms with Crippen molar-refractivity contribution in [3.05, 3.63) is 59.7 Å². The van der Waals surface area contributed by atoms with Crippen molar-refractivity contribution in [3.63, 3.8) is 0 Å². The van der Waals surface area contributed by atoms with Gasteiger partial charge in [0.2, 0.25) is 0 Å². The summed E-state index contributed by atoms with van der Waals surface area (Å²) in [5, 5.41) is 6.93. The molecular weight excluding hydrogens is 288 g/mol. The molecule has 0 bridgehead atoms. The van der Waals surface area contributed by atoms with E-state index in [0.717, 1.165) is 36.7 Å². The molecule has 0 spiro atoms. The number of hydrogen-bond acceptors (Lipinski definition) is 4. The van der Waals surface area contributed by atoms with E-state index in [4.69, 9.17) is 9.47 Å². The van der Waals surface area contributed by atoms with Crippen molar-refractivity contribution >= 4 is 0 Å². The molecule has 1 saturated heterocycles. The Balaban J connectivity index is 1.73. The van der Waals surface area contributed by atoms with Gasteiger partial charge in [-0.15, -0.1) is 0 Å². The lowest BCUT2D eigenvalue weighted by molar-refractivity contribution is 0.268. The number of benzene rings is 2. The number of piperazine rings is 1. The average molecular weight is 312 g/mol. The average Bonchev–Trinajstić information content (AvgIpc) is 2.62. The van der Waals surface area contributed by atoms with Gasteiger partial charge in [0.05, 0.1) is 6.61 Å². The lowest BCUT2D eigenvalue weighted by Gasteiger charge is -2.25. The zero-order valence-electron chi connectivity index (χ0n) is 13.5. The molecule has 0 saturated carbocycles. The number of rotatable bonds is 6. The predicted octanol–water partition coefficient (Wildman–Crippen LogP) is 2.90. The first-order valence-electron chi connectivity index (χ1n) is 8.24. The van der Waals surface area contributed by atoms with Gasteiger partial charge < -0.3 is 20.1 Å². The zero-order chi connectivity index (χ0) is 15.9. The minimum Gasteiger partial charge on any atom is -0.490 e. The Morgan fingerprint density at radius 1 is 1.00 bits per heavy atom. The van der Waals surface area contributed by atoms with E-state index in [1.165, 1.54) is 5.56 Å². The molecule has 0 aliphatic carbocycles. The van der Waals surface area contributed by atoms with Gasteiger partial charge >= 0.3 is 0 Å². The Morgan fingerprint density at radius 3 is 2.61 bits per heavy atom.